The Labute approximate surface area is 149 Å². The van der Waals surface area contributed by atoms with Gasteiger partial charge in [0.05, 0.1) is 17.7 Å². The molecule has 2 aromatic rings. The van der Waals surface area contributed by atoms with Crippen LogP contribution in [0.5, 0.6) is 0 Å². The van der Waals surface area contributed by atoms with Crippen molar-refractivity contribution in [2.24, 2.45) is 0 Å². The minimum atomic E-state index is -0.741. The number of amides is 1. The molecule has 0 radical (unpaired) electrons. The van der Waals surface area contributed by atoms with Crippen molar-refractivity contribution in [3.63, 3.8) is 0 Å². The van der Waals surface area contributed by atoms with Crippen molar-refractivity contribution >= 4 is 5.91 Å². The summed E-state index contributed by atoms with van der Waals surface area (Å²) < 4.78 is 5.12. The molecule has 0 aliphatic heterocycles. The summed E-state index contributed by atoms with van der Waals surface area (Å²) in [4.78, 5) is 12.4. The highest BCUT2D eigenvalue weighted by Crippen LogP contribution is 2.25. The molecule has 2 rings (SSSR count). The first-order valence-electron chi connectivity index (χ1n) is 8.60. The molecule has 0 aliphatic carbocycles. The van der Waals surface area contributed by atoms with Crippen LogP contribution in [0.3, 0.4) is 0 Å². The molecule has 5 heteroatoms. The number of carbonyl (C=O) groups excluding carboxylic acids is 1. The monoisotopic (exact) mass is 344 g/mol. The Kier molecular flexibility index (Phi) is 5.68. The zero-order valence-electron chi connectivity index (χ0n) is 15.9. The highest BCUT2D eigenvalue weighted by atomic mass is 16.5. The molecule has 0 saturated carbocycles. The maximum Gasteiger partial charge on any atom is 0.227 e. The van der Waals surface area contributed by atoms with Gasteiger partial charge in [-0.25, -0.2) is 0 Å². The number of benzene rings is 1. The molecule has 0 aliphatic rings. The Morgan fingerprint density at radius 3 is 2.32 bits per heavy atom. The van der Waals surface area contributed by atoms with E-state index < -0.39 is 6.10 Å². The number of rotatable bonds is 5. The van der Waals surface area contributed by atoms with Crippen molar-refractivity contribution in [3.8, 4) is 0 Å². The third-order valence-electron chi connectivity index (χ3n) is 4.55. The quantitative estimate of drug-likeness (QED) is 0.870. The molecule has 0 saturated heterocycles. The Morgan fingerprint density at radius 2 is 1.84 bits per heavy atom. The van der Waals surface area contributed by atoms with Crippen LogP contribution in [0.2, 0.25) is 0 Å². The molecule has 1 heterocycles. The van der Waals surface area contributed by atoms with Gasteiger partial charge in [-0.3, -0.25) is 4.79 Å². The van der Waals surface area contributed by atoms with E-state index in [1.54, 1.807) is 6.92 Å². The van der Waals surface area contributed by atoms with Crippen molar-refractivity contribution in [3.05, 3.63) is 52.4 Å². The average Bonchev–Trinajstić information content (AvgIpc) is 2.89. The lowest BCUT2D eigenvalue weighted by Gasteiger charge is -2.20. The summed E-state index contributed by atoms with van der Waals surface area (Å²) in [6.45, 7) is 12.0. The van der Waals surface area contributed by atoms with Crippen molar-refractivity contribution in [1.82, 2.24) is 10.5 Å². The number of hydrogen-bond acceptors (Lipinski definition) is 4. The molecular weight excluding hydrogens is 316 g/mol. The van der Waals surface area contributed by atoms with Gasteiger partial charge in [-0.2, -0.15) is 0 Å². The van der Waals surface area contributed by atoms with Crippen LogP contribution in [0.15, 0.2) is 28.8 Å². The van der Waals surface area contributed by atoms with Gasteiger partial charge in [0.2, 0.25) is 5.91 Å². The van der Waals surface area contributed by atoms with Gasteiger partial charge in [0.25, 0.3) is 0 Å². The number of hydrogen-bond donors (Lipinski definition) is 2. The maximum absolute atomic E-state index is 12.4. The summed E-state index contributed by atoms with van der Waals surface area (Å²) in [5, 5.41) is 17.0. The van der Waals surface area contributed by atoms with E-state index in [-0.39, 0.29) is 23.8 Å². The number of aliphatic hydroxyl groups is 1. The Morgan fingerprint density at radius 1 is 1.24 bits per heavy atom. The second kappa shape index (κ2) is 7.40. The van der Waals surface area contributed by atoms with Gasteiger partial charge in [0, 0.05) is 12.1 Å². The standard InChI is InChI=1S/C20H28N2O3/c1-12(18-13(2)22-25-14(18)3)19(24)21-11-17(23)15-7-9-16(10-8-15)20(4,5)6/h7-10,12,17,23H,11H2,1-6H3,(H,21,24). The van der Waals surface area contributed by atoms with Crippen LogP contribution in [0.4, 0.5) is 0 Å². The topological polar surface area (TPSA) is 75.4 Å². The summed E-state index contributed by atoms with van der Waals surface area (Å²) in [7, 11) is 0. The molecule has 2 N–H and O–H groups in total. The molecule has 136 valence electrons. The molecule has 25 heavy (non-hydrogen) atoms. The summed E-state index contributed by atoms with van der Waals surface area (Å²) in [6, 6.07) is 7.87. The van der Waals surface area contributed by atoms with Crippen LogP contribution in [0.1, 0.15) is 67.9 Å². The minimum Gasteiger partial charge on any atom is -0.387 e. The second-order valence-electron chi connectivity index (χ2n) is 7.59. The average molecular weight is 344 g/mol. The molecule has 0 bridgehead atoms. The lowest BCUT2D eigenvalue weighted by Crippen LogP contribution is -2.32. The van der Waals surface area contributed by atoms with Gasteiger partial charge < -0.3 is 14.9 Å². The van der Waals surface area contributed by atoms with E-state index in [2.05, 4.69) is 31.2 Å². The molecule has 1 aromatic carbocycles. The van der Waals surface area contributed by atoms with E-state index in [1.165, 1.54) is 5.56 Å². The number of nitrogens with one attached hydrogen (secondary N) is 1. The number of aryl methyl sites for hydroxylation is 2. The summed E-state index contributed by atoms with van der Waals surface area (Å²) >= 11 is 0. The van der Waals surface area contributed by atoms with Crippen LogP contribution in [-0.2, 0) is 10.2 Å². The minimum absolute atomic E-state index is 0.0709. The van der Waals surface area contributed by atoms with Crippen molar-refractivity contribution in [1.29, 1.82) is 0 Å². The first-order chi connectivity index (χ1) is 11.6. The summed E-state index contributed by atoms with van der Waals surface area (Å²) in [6.07, 6.45) is -0.741. The first kappa shape index (κ1) is 19.2. The van der Waals surface area contributed by atoms with Crippen molar-refractivity contribution in [2.45, 2.75) is 59.0 Å². The number of aliphatic hydroxyl groups excluding tert-OH is 1. The van der Waals surface area contributed by atoms with Crippen molar-refractivity contribution < 1.29 is 14.4 Å². The van der Waals surface area contributed by atoms with Gasteiger partial charge in [0.15, 0.2) is 0 Å². The molecule has 1 aromatic heterocycles. The Hall–Kier alpha value is -2.14. The van der Waals surface area contributed by atoms with E-state index in [9.17, 15) is 9.90 Å². The number of nitrogens with zero attached hydrogens (tertiary/aromatic N) is 1. The maximum atomic E-state index is 12.4. The zero-order chi connectivity index (χ0) is 18.8. The van der Waals surface area contributed by atoms with E-state index in [0.717, 1.165) is 16.8 Å². The largest absolute Gasteiger partial charge is 0.387 e. The molecule has 2 atom stereocenters. The van der Waals surface area contributed by atoms with Gasteiger partial charge in [-0.05, 0) is 37.3 Å². The van der Waals surface area contributed by atoms with E-state index >= 15 is 0 Å². The summed E-state index contributed by atoms with van der Waals surface area (Å²) in [5.74, 6) is 0.125. The molecular formula is C20H28N2O3. The van der Waals surface area contributed by atoms with Gasteiger partial charge in [-0.1, -0.05) is 50.2 Å². The zero-order valence-corrected chi connectivity index (χ0v) is 15.9. The highest BCUT2D eigenvalue weighted by molar-refractivity contribution is 5.83. The summed E-state index contributed by atoms with van der Waals surface area (Å²) in [5.41, 5.74) is 3.60. The van der Waals surface area contributed by atoms with Crippen LogP contribution < -0.4 is 5.32 Å². The first-order valence-corrected chi connectivity index (χ1v) is 8.60. The molecule has 2 unspecified atom stereocenters. The highest BCUT2D eigenvalue weighted by Gasteiger charge is 2.23. The predicted molar refractivity (Wildman–Crippen MR) is 97.5 cm³/mol. The molecule has 0 spiro atoms. The van der Waals surface area contributed by atoms with Gasteiger partial charge >= 0.3 is 0 Å². The number of aromatic nitrogens is 1. The predicted octanol–water partition coefficient (Wildman–Crippen LogP) is 3.54. The van der Waals surface area contributed by atoms with Gasteiger partial charge in [-0.15, -0.1) is 0 Å². The van der Waals surface area contributed by atoms with E-state index in [0.29, 0.717) is 5.76 Å². The molecule has 0 fully saturated rings. The fourth-order valence-electron chi connectivity index (χ4n) is 2.91. The fraction of sp³-hybridized carbons (Fsp3) is 0.500. The molecule has 5 nitrogen and oxygen atoms in total. The third kappa shape index (κ3) is 4.48. The number of carbonyl (C=O) groups is 1. The third-order valence-corrected chi connectivity index (χ3v) is 4.55. The van der Waals surface area contributed by atoms with Crippen LogP contribution in [0, 0.1) is 13.8 Å². The molecule has 1 amide bonds. The van der Waals surface area contributed by atoms with Crippen LogP contribution >= 0.6 is 0 Å². The Balaban J connectivity index is 1.97. The SMILES string of the molecule is Cc1noc(C)c1C(C)C(=O)NCC(O)c1ccc(C(C)(C)C)cc1. The smallest absolute Gasteiger partial charge is 0.227 e. The normalized spacial score (nSPS) is 14.2. The lowest BCUT2D eigenvalue weighted by atomic mass is 9.86. The fourth-order valence-corrected chi connectivity index (χ4v) is 2.91. The van der Waals surface area contributed by atoms with Crippen molar-refractivity contribution in [2.75, 3.05) is 6.54 Å². The van der Waals surface area contributed by atoms with Crippen LogP contribution in [-0.4, -0.2) is 22.7 Å². The van der Waals surface area contributed by atoms with Crippen LogP contribution in [0.25, 0.3) is 0 Å². The second-order valence-corrected chi connectivity index (χ2v) is 7.59. The lowest BCUT2D eigenvalue weighted by molar-refractivity contribution is -0.122. The van der Waals surface area contributed by atoms with Gasteiger partial charge in [0.1, 0.15) is 5.76 Å². The van der Waals surface area contributed by atoms with E-state index in [1.807, 2.05) is 38.1 Å². The van der Waals surface area contributed by atoms with E-state index in [4.69, 9.17) is 4.52 Å². The Bertz CT molecular complexity index is 707.